The van der Waals surface area contributed by atoms with E-state index in [1.807, 2.05) is 32.0 Å². The Morgan fingerprint density at radius 1 is 1.12 bits per heavy atom. The second-order valence-corrected chi connectivity index (χ2v) is 6.06. The number of aryl methyl sites for hydroxylation is 2. The molecule has 0 saturated carbocycles. The fourth-order valence-electron chi connectivity index (χ4n) is 2.98. The van der Waals surface area contributed by atoms with Crippen LogP contribution in [0.3, 0.4) is 0 Å². The number of phenols is 1. The molecule has 24 heavy (non-hydrogen) atoms. The van der Waals surface area contributed by atoms with Gasteiger partial charge in [-0.3, -0.25) is 0 Å². The summed E-state index contributed by atoms with van der Waals surface area (Å²) in [7, 11) is 0. The highest BCUT2D eigenvalue weighted by Gasteiger charge is 2.12. The summed E-state index contributed by atoms with van der Waals surface area (Å²) in [4.78, 5) is 10.6. The van der Waals surface area contributed by atoms with Crippen LogP contribution in [0.1, 0.15) is 41.2 Å². The number of carbonyl (C=O) groups is 1. The summed E-state index contributed by atoms with van der Waals surface area (Å²) < 4.78 is 5.28. The van der Waals surface area contributed by atoms with Gasteiger partial charge in [-0.1, -0.05) is 25.5 Å². The maximum atomic E-state index is 10.6. The minimum absolute atomic E-state index is 0.342. The molecule has 0 heterocycles. The minimum Gasteiger partial charge on any atom is -0.508 e. The van der Waals surface area contributed by atoms with Gasteiger partial charge in [-0.2, -0.15) is 0 Å². The molecule has 4 heteroatoms. The Morgan fingerprint density at radius 3 is 2.38 bits per heavy atom. The Morgan fingerprint density at radius 2 is 1.79 bits per heavy atom. The summed E-state index contributed by atoms with van der Waals surface area (Å²) in [5, 5.41) is 18.9. The number of carboxylic acid groups (broad SMARTS) is 1. The molecule has 2 aromatic rings. The van der Waals surface area contributed by atoms with Crippen LogP contribution >= 0.6 is 0 Å². The third-order valence-corrected chi connectivity index (χ3v) is 4.15. The first-order chi connectivity index (χ1) is 11.4. The molecule has 2 N–H and O–H groups in total. The lowest BCUT2D eigenvalue weighted by Crippen LogP contribution is -2.10. The predicted molar refractivity (Wildman–Crippen MR) is 94.0 cm³/mol. The normalized spacial score (nSPS) is 10.6. The molecule has 0 radical (unpaired) electrons. The summed E-state index contributed by atoms with van der Waals surface area (Å²) in [6.07, 6.45) is 2.56. The van der Waals surface area contributed by atoms with E-state index >= 15 is 0 Å². The van der Waals surface area contributed by atoms with Gasteiger partial charge in [0, 0.05) is 0 Å². The average molecular weight is 328 g/mol. The molecule has 0 amide bonds. The van der Waals surface area contributed by atoms with Crippen LogP contribution in [0.4, 0.5) is 0 Å². The van der Waals surface area contributed by atoms with Gasteiger partial charge in [-0.05, 0) is 72.7 Å². The van der Waals surface area contributed by atoms with Gasteiger partial charge in [0.2, 0.25) is 0 Å². The van der Waals surface area contributed by atoms with Crippen molar-refractivity contribution in [2.45, 2.75) is 40.0 Å². The molecule has 0 fully saturated rings. The molecule has 0 aliphatic heterocycles. The number of aliphatic carboxylic acids is 1. The van der Waals surface area contributed by atoms with Crippen LogP contribution in [0.25, 0.3) is 0 Å². The van der Waals surface area contributed by atoms with E-state index < -0.39 is 5.97 Å². The zero-order valence-corrected chi connectivity index (χ0v) is 14.4. The molecule has 0 saturated heterocycles. The van der Waals surface area contributed by atoms with Gasteiger partial charge in [0.15, 0.2) is 6.61 Å². The molecule has 2 rings (SSSR count). The maximum absolute atomic E-state index is 10.6. The lowest BCUT2D eigenvalue weighted by Gasteiger charge is -2.16. The number of benzene rings is 2. The average Bonchev–Trinajstić information content (AvgIpc) is 2.52. The van der Waals surface area contributed by atoms with E-state index in [9.17, 15) is 9.90 Å². The van der Waals surface area contributed by atoms with Gasteiger partial charge < -0.3 is 14.9 Å². The number of aromatic hydroxyl groups is 1. The Hall–Kier alpha value is -2.49. The summed E-state index contributed by atoms with van der Waals surface area (Å²) in [5.74, 6) is -0.0646. The van der Waals surface area contributed by atoms with E-state index in [2.05, 4.69) is 13.0 Å². The molecule has 128 valence electrons. The smallest absolute Gasteiger partial charge is 0.341 e. The van der Waals surface area contributed by atoms with Crippen molar-refractivity contribution in [2.75, 3.05) is 6.61 Å². The second-order valence-electron chi connectivity index (χ2n) is 6.06. The molecule has 0 bridgehead atoms. The van der Waals surface area contributed by atoms with Crippen LogP contribution in [-0.2, 0) is 17.6 Å². The van der Waals surface area contributed by atoms with Crippen molar-refractivity contribution in [3.8, 4) is 11.5 Å². The maximum Gasteiger partial charge on any atom is 0.341 e. The number of ether oxygens (including phenoxy) is 1. The minimum atomic E-state index is -0.988. The molecular formula is C20H24O4. The Balaban J connectivity index is 2.31. The zero-order chi connectivity index (χ0) is 17.7. The third-order valence-electron chi connectivity index (χ3n) is 4.15. The van der Waals surface area contributed by atoms with Crippen molar-refractivity contribution in [1.82, 2.24) is 0 Å². The van der Waals surface area contributed by atoms with Gasteiger partial charge in [0.05, 0.1) is 0 Å². The number of hydrogen-bond donors (Lipinski definition) is 2. The molecule has 0 aliphatic rings. The molecule has 0 unspecified atom stereocenters. The quantitative estimate of drug-likeness (QED) is 0.806. The lowest BCUT2D eigenvalue weighted by molar-refractivity contribution is -0.139. The number of carboxylic acids is 1. The standard InChI is InChI=1S/C20H24O4/c1-4-6-17-15(7-5-8-19(17)21)11-18-13(2)9-16(10-14(18)3)24-12-20(22)23/h5,7-10,21H,4,6,11-12H2,1-3H3,(H,22,23). The number of hydrogen-bond acceptors (Lipinski definition) is 3. The van der Waals surface area contributed by atoms with E-state index in [0.29, 0.717) is 11.5 Å². The Kier molecular flexibility index (Phi) is 5.85. The van der Waals surface area contributed by atoms with Crippen LogP contribution in [0, 0.1) is 13.8 Å². The Bertz CT molecular complexity index is 711. The number of rotatable bonds is 7. The van der Waals surface area contributed by atoms with Gasteiger partial charge in [0.25, 0.3) is 0 Å². The SMILES string of the molecule is CCCc1c(O)cccc1Cc1c(C)cc(OCC(=O)O)cc1C. The van der Waals surface area contributed by atoms with E-state index in [4.69, 9.17) is 9.84 Å². The first kappa shape index (κ1) is 17.9. The summed E-state index contributed by atoms with van der Waals surface area (Å²) in [5.41, 5.74) is 5.43. The number of phenolic OH excluding ortho intramolecular Hbond substituents is 1. The zero-order valence-electron chi connectivity index (χ0n) is 14.4. The van der Waals surface area contributed by atoms with E-state index in [1.165, 1.54) is 5.56 Å². The van der Waals surface area contributed by atoms with E-state index in [1.54, 1.807) is 6.07 Å². The first-order valence-electron chi connectivity index (χ1n) is 8.16. The highest BCUT2D eigenvalue weighted by Crippen LogP contribution is 2.29. The first-order valence-corrected chi connectivity index (χ1v) is 8.16. The van der Waals surface area contributed by atoms with Gasteiger partial charge in [-0.15, -0.1) is 0 Å². The van der Waals surface area contributed by atoms with Crippen molar-refractivity contribution in [3.63, 3.8) is 0 Å². The highest BCUT2D eigenvalue weighted by atomic mass is 16.5. The highest BCUT2D eigenvalue weighted by molar-refractivity contribution is 5.68. The monoisotopic (exact) mass is 328 g/mol. The Labute approximate surface area is 142 Å². The predicted octanol–water partition coefficient (Wildman–Crippen LogP) is 4.02. The molecule has 2 aromatic carbocycles. The van der Waals surface area contributed by atoms with Gasteiger partial charge in [0.1, 0.15) is 11.5 Å². The van der Waals surface area contributed by atoms with Crippen molar-refractivity contribution in [2.24, 2.45) is 0 Å². The van der Waals surface area contributed by atoms with Crippen molar-refractivity contribution < 1.29 is 19.7 Å². The van der Waals surface area contributed by atoms with Crippen molar-refractivity contribution in [1.29, 1.82) is 0 Å². The van der Waals surface area contributed by atoms with Crippen LogP contribution in [0.5, 0.6) is 11.5 Å². The van der Waals surface area contributed by atoms with Crippen LogP contribution in [-0.4, -0.2) is 22.8 Å². The largest absolute Gasteiger partial charge is 0.508 e. The van der Waals surface area contributed by atoms with Crippen molar-refractivity contribution >= 4 is 5.97 Å². The molecule has 0 spiro atoms. The molecule has 0 aromatic heterocycles. The molecule has 0 atom stereocenters. The van der Waals surface area contributed by atoms with Crippen molar-refractivity contribution in [3.05, 3.63) is 58.1 Å². The van der Waals surface area contributed by atoms with E-state index in [-0.39, 0.29) is 6.61 Å². The molecule has 0 aliphatic carbocycles. The fraction of sp³-hybridized carbons (Fsp3) is 0.350. The van der Waals surface area contributed by atoms with Gasteiger partial charge in [-0.25, -0.2) is 4.79 Å². The molecular weight excluding hydrogens is 304 g/mol. The topological polar surface area (TPSA) is 66.8 Å². The van der Waals surface area contributed by atoms with Gasteiger partial charge >= 0.3 is 5.97 Å². The summed E-state index contributed by atoms with van der Waals surface area (Å²) >= 11 is 0. The fourth-order valence-corrected chi connectivity index (χ4v) is 2.98. The summed E-state index contributed by atoms with van der Waals surface area (Å²) in [6.45, 7) is 5.75. The van der Waals surface area contributed by atoms with E-state index in [0.717, 1.165) is 41.5 Å². The lowest BCUT2D eigenvalue weighted by atomic mass is 9.91. The third kappa shape index (κ3) is 4.28. The van der Waals surface area contributed by atoms with Crippen LogP contribution in [0.2, 0.25) is 0 Å². The van der Waals surface area contributed by atoms with Crippen LogP contribution in [0.15, 0.2) is 30.3 Å². The molecule has 4 nitrogen and oxygen atoms in total. The van der Waals surface area contributed by atoms with Crippen LogP contribution < -0.4 is 4.74 Å². The summed E-state index contributed by atoms with van der Waals surface area (Å²) in [6, 6.07) is 9.40. The second kappa shape index (κ2) is 7.86.